The van der Waals surface area contributed by atoms with Gasteiger partial charge in [0, 0.05) is 69.1 Å². The number of piperazine rings is 1. The summed E-state index contributed by atoms with van der Waals surface area (Å²) in [4.78, 5) is 15.4. The summed E-state index contributed by atoms with van der Waals surface area (Å²) >= 11 is 0. The SMILES string of the molecule is NCc1cccc(-c2cccc([C@@H]3O[C@H](CN4CCN(c5ccc([N+](=O)[O-])cc5)CC4)C[C@H](c4ccc(CO)cc4)O3)c2)c1. The number of nitro groups is 1. The van der Waals surface area contributed by atoms with Crippen LogP contribution in [-0.2, 0) is 22.6 Å². The van der Waals surface area contributed by atoms with E-state index in [1.54, 1.807) is 12.1 Å². The van der Waals surface area contributed by atoms with Gasteiger partial charge < -0.3 is 25.2 Å². The predicted octanol–water partition coefficient (Wildman–Crippen LogP) is 5.58. The van der Waals surface area contributed by atoms with E-state index >= 15 is 0 Å². The number of hydrogen-bond donors (Lipinski definition) is 2. The summed E-state index contributed by atoms with van der Waals surface area (Å²) in [5.74, 6) is 0. The summed E-state index contributed by atoms with van der Waals surface area (Å²) in [7, 11) is 0. The van der Waals surface area contributed by atoms with Gasteiger partial charge in [-0.3, -0.25) is 15.0 Å². The van der Waals surface area contributed by atoms with Gasteiger partial charge in [0.25, 0.3) is 5.69 Å². The second-order valence-electron chi connectivity index (χ2n) is 11.4. The zero-order valence-corrected chi connectivity index (χ0v) is 24.6. The fraction of sp³-hybridized carbons (Fsp3) is 0.314. The molecule has 2 heterocycles. The highest BCUT2D eigenvalue weighted by molar-refractivity contribution is 5.65. The molecule has 2 aliphatic heterocycles. The maximum Gasteiger partial charge on any atom is 0.269 e. The van der Waals surface area contributed by atoms with Crippen molar-refractivity contribution in [1.29, 1.82) is 0 Å². The van der Waals surface area contributed by atoms with E-state index in [-0.39, 0.29) is 29.4 Å². The summed E-state index contributed by atoms with van der Waals surface area (Å²) in [5, 5.41) is 20.6. The molecule has 2 fully saturated rings. The fourth-order valence-electron chi connectivity index (χ4n) is 6.04. The molecule has 0 unspecified atom stereocenters. The lowest BCUT2D eigenvalue weighted by Crippen LogP contribution is -2.49. The molecule has 0 bridgehead atoms. The quantitative estimate of drug-likeness (QED) is 0.191. The second-order valence-corrected chi connectivity index (χ2v) is 11.4. The van der Waals surface area contributed by atoms with Gasteiger partial charge >= 0.3 is 0 Å². The average Bonchev–Trinajstić information content (AvgIpc) is 3.08. The molecule has 0 spiro atoms. The Hall–Kier alpha value is -4.12. The molecule has 228 valence electrons. The number of nitro benzene ring substituents is 1. The van der Waals surface area contributed by atoms with Crippen LogP contribution in [0.5, 0.6) is 0 Å². The molecule has 9 heteroatoms. The van der Waals surface area contributed by atoms with Crippen LogP contribution in [0.4, 0.5) is 11.4 Å². The molecule has 44 heavy (non-hydrogen) atoms. The third-order valence-corrected chi connectivity index (χ3v) is 8.53. The monoisotopic (exact) mass is 594 g/mol. The third kappa shape index (κ3) is 6.99. The Morgan fingerprint density at radius 3 is 2.20 bits per heavy atom. The van der Waals surface area contributed by atoms with E-state index in [4.69, 9.17) is 15.2 Å². The molecule has 4 aromatic rings. The van der Waals surface area contributed by atoms with Gasteiger partial charge in [-0.15, -0.1) is 0 Å². The van der Waals surface area contributed by atoms with Crippen molar-refractivity contribution in [2.24, 2.45) is 5.73 Å². The van der Waals surface area contributed by atoms with Crippen molar-refractivity contribution in [3.05, 3.63) is 129 Å². The van der Waals surface area contributed by atoms with Gasteiger partial charge in [0.05, 0.1) is 23.7 Å². The number of hydrogen-bond acceptors (Lipinski definition) is 8. The zero-order chi connectivity index (χ0) is 30.5. The number of aliphatic hydroxyl groups excluding tert-OH is 1. The maximum atomic E-state index is 11.0. The number of ether oxygens (including phenoxy) is 2. The van der Waals surface area contributed by atoms with Crippen LogP contribution in [-0.4, -0.2) is 53.8 Å². The predicted molar refractivity (Wildman–Crippen MR) is 170 cm³/mol. The molecular weight excluding hydrogens is 556 g/mol. The minimum atomic E-state index is -0.532. The molecule has 3 atom stereocenters. The van der Waals surface area contributed by atoms with Gasteiger partial charge in [0.15, 0.2) is 6.29 Å². The van der Waals surface area contributed by atoms with Gasteiger partial charge in [0.1, 0.15) is 0 Å². The van der Waals surface area contributed by atoms with E-state index in [2.05, 4.69) is 40.1 Å². The molecule has 0 aromatic heterocycles. The Labute approximate surface area is 257 Å². The van der Waals surface area contributed by atoms with Gasteiger partial charge in [-0.1, -0.05) is 60.7 Å². The summed E-state index contributed by atoms with van der Waals surface area (Å²) in [6, 6.07) is 31.3. The topological polar surface area (TPSA) is 114 Å². The van der Waals surface area contributed by atoms with Crippen LogP contribution in [0.2, 0.25) is 0 Å². The summed E-state index contributed by atoms with van der Waals surface area (Å²) in [6.07, 6.45) is -0.0192. The van der Waals surface area contributed by atoms with Crippen LogP contribution in [0.15, 0.2) is 97.1 Å². The number of nitrogens with two attached hydrogens (primary N) is 1. The lowest BCUT2D eigenvalue weighted by molar-refractivity contribution is -0.384. The molecule has 6 rings (SSSR count). The normalized spacial score (nSPS) is 20.9. The van der Waals surface area contributed by atoms with Crippen LogP contribution < -0.4 is 10.6 Å². The van der Waals surface area contributed by atoms with Crippen molar-refractivity contribution in [3.63, 3.8) is 0 Å². The van der Waals surface area contributed by atoms with Gasteiger partial charge in [-0.2, -0.15) is 0 Å². The number of nitrogens with zero attached hydrogens (tertiary/aromatic N) is 3. The highest BCUT2D eigenvalue weighted by Gasteiger charge is 2.34. The van der Waals surface area contributed by atoms with Crippen molar-refractivity contribution in [2.75, 3.05) is 37.6 Å². The van der Waals surface area contributed by atoms with E-state index in [9.17, 15) is 15.2 Å². The molecule has 0 saturated carbocycles. The Kier molecular flexibility index (Phi) is 9.30. The van der Waals surface area contributed by atoms with Gasteiger partial charge in [-0.05, 0) is 52.1 Å². The molecule has 9 nitrogen and oxygen atoms in total. The molecular formula is C35H38N4O5. The largest absolute Gasteiger partial charge is 0.392 e. The zero-order valence-electron chi connectivity index (χ0n) is 24.6. The van der Waals surface area contributed by atoms with E-state index in [0.717, 1.165) is 78.2 Å². The third-order valence-electron chi connectivity index (χ3n) is 8.53. The number of rotatable bonds is 9. The smallest absolute Gasteiger partial charge is 0.269 e. The fourth-order valence-corrected chi connectivity index (χ4v) is 6.04. The van der Waals surface area contributed by atoms with Crippen LogP contribution in [0, 0.1) is 10.1 Å². The molecule has 2 aliphatic rings. The first kappa shape index (κ1) is 29.9. The van der Waals surface area contributed by atoms with Crippen molar-refractivity contribution >= 4 is 11.4 Å². The Morgan fingerprint density at radius 1 is 0.818 bits per heavy atom. The van der Waals surface area contributed by atoms with Crippen molar-refractivity contribution in [1.82, 2.24) is 4.90 Å². The van der Waals surface area contributed by atoms with E-state index in [1.165, 1.54) is 0 Å². The minimum absolute atomic E-state index is 0.00413. The lowest BCUT2D eigenvalue weighted by atomic mass is 9.98. The number of non-ortho nitro benzene ring substituents is 1. The molecule has 0 aliphatic carbocycles. The van der Waals surface area contributed by atoms with Crippen LogP contribution in [0.1, 0.15) is 41.1 Å². The van der Waals surface area contributed by atoms with Crippen LogP contribution >= 0.6 is 0 Å². The van der Waals surface area contributed by atoms with Crippen molar-refractivity contribution in [3.8, 4) is 11.1 Å². The highest BCUT2D eigenvalue weighted by Crippen LogP contribution is 2.39. The standard InChI is InChI=1S/C35H38N4O5/c36-22-26-3-1-4-28(19-26)29-5-2-6-30(20-29)35-43-33(21-34(44-35)27-9-7-25(24-40)8-10-27)23-37-15-17-38(18-16-37)31-11-13-32(14-12-31)39(41)42/h1-14,19-20,33-35,40H,15-18,21-24,36H2/t33-,34+,35+/m0/s1. The number of anilines is 1. The number of benzene rings is 4. The van der Waals surface area contributed by atoms with Crippen molar-refractivity contribution < 1.29 is 19.5 Å². The Morgan fingerprint density at radius 2 is 1.52 bits per heavy atom. The van der Waals surface area contributed by atoms with Crippen molar-refractivity contribution in [2.45, 2.75) is 38.1 Å². The first-order valence-corrected chi connectivity index (χ1v) is 15.1. The first-order valence-electron chi connectivity index (χ1n) is 15.1. The summed E-state index contributed by atoms with van der Waals surface area (Å²) in [6.45, 7) is 4.67. The van der Waals surface area contributed by atoms with E-state index in [1.807, 2.05) is 54.6 Å². The molecule has 0 amide bonds. The summed E-state index contributed by atoms with van der Waals surface area (Å²) in [5.41, 5.74) is 13.2. The molecule has 4 aromatic carbocycles. The average molecular weight is 595 g/mol. The van der Waals surface area contributed by atoms with E-state index in [0.29, 0.717) is 6.54 Å². The maximum absolute atomic E-state index is 11.0. The van der Waals surface area contributed by atoms with Crippen LogP contribution in [0.25, 0.3) is 11.1 Å². The molecule has 2 saturated heterocycles. The first-order chi connectivity index (χ1) is 21.5. The summed E-state index contributed by atoms with van der Waals surface area (Å²) < 4.78 is 13.3. The molecule has 0 radical (unpaired) electrons. The van der Waals surface area contributed by atoms with Gasteiger partial charge in [-0.25, -0.2) is 0 Å². The lowest BCUT2D eigenvalue weighted by Gasteiger charge is -2.41. The Balaban J connectivity index is 1.18. The molecule has 3 N–H and O–H groups in total. The second kappa shape index (κ2) is 13.7. The Bertz CT molecular complexity index is 1550. The minimum Gasteiger partial charge on any atom is -0.392 e. The van der Waals surface area contributed by atoms with E-state index < -0.39 is 6.29 Å². The van der Waals surface area contributed by atoms with Gasteiger partial charge in [0.2, 0.25) is 0 Å². The van der Waals surface area contributed by atoms with Crippen LogP contribution in [0.3, 0.4) is 0 Å². The number of aliphatic hydroxyl groups is 1. The highest BCUT2D eigenvalue weighted by atomic mass is 16.7.